The quantitative estimate of drug-likeness (QED) is 0.829. The molecule has 0 aromatic carbocycles. The van der Waals surface area contributed by atoms with Crippen molar-refractivity contribution < 1.29 is 0 Å². The number of likely N-dealkylation sites (tertiary alicyclic amines) is 1. The Morgan fingerprint density at radius 2 is 1.74 bits per heavy atom. The van der Waals surface area contributed by atoms with Gasteiger partial charge >= 0.3 is 0 Å². The smallest absolute Gasteiger partial charge is 0.0339 e. The molecule has 3 rings (SSSR count). The maximum atomic E-state index is 6.31. The molecule has 0 amide bonds. The van der Waals surface area contributed by atoms with Gasteiger partial charge in [-0.1, -0.05) is 27.2 Å². The van der Waals surface area contributed by atoms with Crippen LogP contribution in [0.5, 0.6) is 0 Å². The van der Waals surface area contributed by atoms with Crippen LogP contribution in [-0.4, -0.2) is 30.1 Å². The summed E-state index contributed by atoms with van der Waals surface area (Å²) in [4.78, 5) is 2.82. The molecule has 3 aliphatic rings. The van der Waals surface area contributed by atoms with Crippen molar-refractivity contribution in [3.63, 3.8) is 0 Å². The minimum Gasteiger partial charge on any atom is -0.329 e. The Morgan fingerprint density at radius 3 is 2.26 bits per heavy atom. The Morgan fingerprint density at radius 1 is 1.11 bits per heavy atom. The second-order valence-corrected chi connectivity index (χ2v) is 8.64. The van der Waals surface area contributed by atoms with Crippen LogP contribution in [0.4, 0.5) is 0 Å². The van der Waals surface area contributed by atoms with Crippen LogP contribution in [0.1, 0.15) is 59.3 Å². The van der Waals surface area contributed by atoms with Gasteiger partial charge in [0, 0.05) is 25.2 Å². The minimum absolute atomic E-state index is 0.311. The van der Waals surface area contributed by atoms with Crippen molar-refractivity contribution in [1.82, 2.24) is 4.90 Å². The van der Waals surface area contributed by atoms with Gasteiger partial charge in [-0.15, -0.1) is 0 Å². The predicted molar refractivity (Wildman–Crippen MR) is 81.0 cm³/mol. The summed E-state index contributed by atoms with van der Waals surface area (Å²) in [6.07, 6.45) is 8.42. The first kappa shape index (κ1) is 13.9. The van der Waals surface area contributed by atoms with Crippen LogP contribution < -0.4 is 5.73 Å². The Balaban J connectivity index is 1.79. The van der Waals surface area contributed by atoms with E-state index in [4.69, 9.17) is 5.73 Å². The van der Waals surface area contributed by atoms with Crippen LogP contribution in [0.25, 0.3) is 0 Å². The van der Waals surface area contributed by atoms with E-state index in [9.17, 15) is 0 Å². The molecule has 1 saturated heterocycles. The zero-order chi connectivity index (χ0) is 13.7. The average Bonchev–Trinajstić information content (AvgIpc) is 2.85. The third kappa shape index (κ3) is 2.47. The molecule has 19 heavy (non-hydrogen) atoms. The lowest BCUT2D eigenvalue weighted by Gasteiger charge is -2.52. The van der Waals surface area contributed by atoms with Gasteiger partial charge in [0.25, 0.3) is 0 Å². The Hall–Kier alpha value is -0.0800. The Labute approximate surface area is 119 Å². The van der Waals surface area contributed by atoms with E-state index in [2.05, 4.69) is 25.7 Å². The summed E-state index contributed by atoms with van der Waals surface area (Å²) in [5, 5.41) is 0. The summed E-state index contributed by atoms with van der Waals surface area (Å²) in [6, 6.07) is 0. The minimum atomic E-state index is 0.311. The van der Waals surface area contributed by atoms with E-state index in [0.717, 1.165) is 24.3 Å². The highest BCUT2D eigenvalue weighted by Gasteiger charge is 2.49. The lowest BCUT2D eigenvalue weighted by Crippen LogP contribution is -2.58. The van der Waals surface area contributed by atoms with Crippen molar-refractivity contribution in [2.24, 2.45) is 28.9 Å². The van der Waals surface area contributed by atoms with E-state index >= 15 is 0 Å². The van der Waals surface area contributed by atoms with Gasteiger partial charge in [0.05, 0.1) is 0 Å². The summed E-state index contributed by atoms with van der Waals surface area (Å²) in [5.41, 5.74) is 7.09. The molecule has 1 heterocycles. The predicted octanol–water partition coefficient (Wildman–Crippen LogP) is 3.26. The van der Waals surface area contributed by atoms with Crippen molar-refractivity contribution in [3.8, 4) is 0 Å². The molecule has 0 aromatic rings. The first-order valence-electron chi connectivity index (χ1n) is 8.39. The van der Waals surface area contributed by atoms with E-state index in [-0.39, 0.29) is 0 Å². The van der Waals surface area contributed by atoms with Gasteiger partial charge in [0.1, 0.15) is 0 Å². The number of nitrogens with two attached hydrogens (primary N) is 1. The molecule has 2 nitrogen and oxygen atoms in total. The van der Waals surface area contributed by atoms with Gasteiger partial charge in [-0.2, -0.15) is 0 Å². The zero-order valence-corrected chi connectivity index (χ0v) is 13.1. The lowest BCUT2D eigenvalue weighted by molar-refractivity contribution is -0.00255. The van der Waals surface area contributed by atoms with Crippen LogP contribution in [0, 0.1) is 23.2 Å². The molecule has 110 valence electrons. The number of hydrogen-bond donors (Lipinski definition) is 1. The van der Waals surface area contributed by atoms with E-state index in [1.165, 1.54) is 51.6 Å². The maximum absolute atomic E-state index is 6.31. The summed E-state index contributed by atoms with van der Waals surface area (Å²) in [5.74, 6) is 2.81. The molecule has 0 bridgehead atoms. The van der Waals surface area contributed by atoms with Gasteiger partial charge in [0.15, 0.2) is 0 Å². The molecule has 4 unspecified atom stereocenters. The van der Waals surface area contributed by atoms with Crippen molar-refractivity contribution >= 4 is 0 Å². The molecule has 2 heteroatoms. The summed E-state index contributed by atoms with van der Waals surface area (Å²) >= 11 is 0. The summed E-state index contributed by atoms with van der Waals surface area (Å²) in [6.45, 7) is 10.9. The topological polar surface area (TPSA) is 29.3 Å². The SMILES string of the molecule is CC1CC(C)(C)CC(CN)(N2CC3CCCC3C2)C1. The van der Waals surface area contributed by atoms with Crippen molar-refractivity contribution in [2.75, 3.05) is 19.6 Å². The third-order valence-corrected chi connectivity index (χ3v) is 6.21. The molecule has 0 aromatic heterocycles. The van der Waals surface area contributed by atoms with Crippen molar-refractivity contribution in [3.05, 3.63) is 0 Å². The highest BCUT2D eigenvalue weighted by molar-refractivity contribution is 5.05. The van der Waals surface area contributed by atoms with E-state index in [0.29, 0.717) is 11.0 Å². The standard InChI is InChI=1S/C17H32N2/c1-13-7-16(2,3)11-17(8-13,12-18)19-9-14-5-4-6-15(14)10-19/h13-15H,4-12,18H2,1-3H3. The second kappa shape index (κ2) is 4.73. The van der Waals surface area contributed by atoms with E-state index in [1.54, 1.807) is 0 Å². The highest BCUT2D eigenvalue weighted by atomic mass is 15.2. The van der Waals surface area contributed by atoms with Gasteiger partial charge in [-0.05, 0) is 55.3 Å². The van der Waals surface area contributed by atoms with Crippen molar-refractivity contribution in [2.45, 2.75) is 64.8 Å². The van der Waals surface area contributed by atoms with Crippen LogP contribution in [0.15, 0.2) is 0 Å². The number of fused-ring (bicyclic) bond motifs is 1. The molecule has 0 spiro atoms. The largest absolute Gasteiger partial charge is 0.329 e. The monoisotopic (exact) mass is 264 g/mol. The summed E-state index contributed by atoms with van der Waals surface area (Å²) in [7, 11) is 0. The second-order valence-electron chi connectivity index (χ2n) is 8.64. The number of rotatable bonds is 2. The maximum Gasteiger partial charge on any atom is 0.0339 e. The fourth-order valence-corrected chi connectivity index (χ4v) is 5.85. The first-order valence-corrected chi connectivity index (χ1v) is 8.39. The number of nitrogens with zero attached hydrogens (tertiary/aromatic N) is 1. The zero-order valence-electron chi connectivity index (χ0n) is 13.1. The molecule has 1 aliphatic heterocycles. The van der Waals surface area contributed by atoms with Crippen molar-refractivity contribution in [1.29, 1.82) is 0 Å². The van der Waals surface area contributed by atoms with Crippen LogP contribution >= 0.6 is 0 Å². The molecule has 2 N–H and O–H groups in total. The highest BCUT2D eigenvalue weighted by Crippen LogP contribution is 2.49. The molecule has 2 saturated carbocycles. The Bertz CT molecular complexity index is 326. The van der Waals surface area contributed by atoms with Crippen LogP contribution in [-0.2, 0) is 0 Å². The Kier molecular flexibility index (Phi) is 3.46. The van der Waals surface area contributed by atoms with Gasteiger partial charge in [-0.3, -0.25) is 4.90 Å². The van der Waals surface area contributed by atoms with Gasteiger partial charge < -0.3 is 5.73 Å². The third-order valence-electron chi connectivity index (χ3n) is 6.21. The normalized spacial score (nSPS) is 46.4. The average molecular weight is 264 g/mol. The van der Waals surface area contributed by atoms with Crippen LogP contribution in [0.3, 0.4) is 0 Å². The van der Waals surface area contributed by atoms with Gasteiger partial charge in [0.2, 0.25) is 0 Å². The molecule has 4 atom stereocenters. The fraction of sp³-hybridized carbons (Fsp3) is 1.00. The fourth-order valence-electron chi connectivity index (χ4n) is 5.85. The molecular formula is C17H32N2. The molecule has 0 radical (unpaired) electrons. The van der Waals surface area contributed by atoms with Crippen LogP contribution in [0.2, 0.25) is 0 Å². The number of hydrogen-bond acceptors (Lipinski definition) is 2. The lowest BCUT2D eigenvalue weighted by atomic mass is 9.63. The molecule has 2 aliphatic carbocycles. The van der Waals surface area contributed by atoms with E-state index in [1.807, 2.05) is 0 Å². The first-order chi connectivity index (χ1) is 8.94. The summed E-state index contributed by atoms with van der Waals surface area (Å²) < 4.78 is 0. The molecule has 3 fully saturated rings. The molecular weight excluding hydrogens is 232 g/mol. The van der Waals surface area contributed by atoms with Gasteiger partial charge in [-0.25, -0.2) is 0 Å². The van der Waals surface area contributed by atoms with E-state index < -0.39 is 0 Å².